The Hall–Kier alpha value is -1.58. The number of hydrogen-bond acceptors (Lipinski definition) is 1. The van der Waals surface area contributed by atoms with Gasteiger partial charge in [-0.1, -0.05) is 24.3 Å². The number of quaternary nitrogens is 1. The van der Waals surface area contributed by atoms with Gasteiger partial charge in [0.2, 0.25) is 0 Å². The second-order valence-electron chi connectivity index (χ2n) is 7.91. The molecule has 3 heteroatoms. The molecule has 0 aliphatic carbocycles. The molecule has 2 aromatic rings. The number of allylic oxidation sites excluding steroid dienone is 1. The summed E-state index contributed by atoms with van der Waals surface area (Å²) in [5.74, 6) is 0.984. The molecule has 2 N–H and O–H groups in total. The summed E-state index contributed by atoms with van der Waals surface area (Å²) in [6.45, 7) is 3.65. The number of likely N-dealkylation sites (N-methyl/N-ethyl adjacent to an activating group) is 1. The van der Waals surface area contributed by atoms with Gasteiger partial charge < -0.3 is 14.6 Å². The second kappa shape index (κ2) is 4.49. The van der Waals surface area contributed by atoms with Gasteiger partial charge in [0.25, 0.3) is 0 Å². The first-order chi connectivity index (χ1) is 11.2. The molecule has 4 aliphatic heterocycles. The predicted octanol–water partition coefficient (Wildman–Crippen LogP) is 3.17. The number of nitrogens with zero attached hydrogens (tertiary/aromatic N) is 1. The molecule has 5 heterocycles. The van der Waals surface area contributed by atoms with Crippen LogP contribution in [0.4, 0.5) is 0 Å². The normalized spacial score (nSPS) is 39.9. The van der Waals surface area contributed by atoms with Crippen molar-refractivity contribution < 1.29 is 9.59 Å². The van der Waals surface area contributed by atoms with Crippen molar-refractivity contribution in [2.75, 3.05) is 20.2 Å². The minimum absolute atomic E-state index is 0.324. The summed E-state index contributed by atoms with van der Waals surface area (Å²) in [5, 5.41) is 11.5. The fraction of sp³-hybridized carbons (Fsp3) is 0.500. The van der Waals surface area contributed by atoms with Crippen molar-refractivity contribution in [1.29, 1.82) is 0 Å². The van der Waals surface area contributed by atoms with E-state index in [9.17, 15) is 5.11 Å². The number of aromatic nitrogens is 1. The third kappa shape index (κ3) is 1.57. The smallest absolute Gasteiger partial charge is 0.131 e. The fourth-order valence-electron chi connectivity index (χ4n) is 6.02. The summed E-state index contributed by atoms with van der Waals surface area (Å²) in [6.07, 6.45) is 4.59. The Balaban J connectivity index is 1.73. The summed E-state index contributed by atoms with van der Waals surface area (Å²) in [4.78, 5) is 3.75. The minimum atomic E-state index is 0.324. The van der Waals surface area contributed by atoms with E-state index in [1.807, 2.05) is 0 Å². The van der Waals surface area contributed by atoms with Gasteiger partial charge in [0.1, 0.15) is 12.6 Å². The highest BCUT2D eigenvalue weighted by molar-refractivity contribution is 5.85. The molecule has 0 amide bonds. The van der Waals surface area contributed by atoms with Crippen LogP contribution < -0.4 is 0 Å². The van der Waals surface area contributed by atoms with E-state index >= 15 is 0 Å². The van der Waals surface area contributed by atoms with Gasteiger partial charge in [0.05, 0.1) is 25.4 Å². The number of hydrogen-bond donors (Lipinski definition) is 2. The van der Waals surface area contributed by atoms with E-state index in [1.54, 1.807) is 5.57 Å². The number of benzene rings is 1. The van der Waals surface area contributed by atoms with Crippen LogP contribution in [0.5, 0.6) is 0 Å². The Kier molecular flexibility index (Phi) is 2.70. The molecule has 4 bridgehead atoms. The molecule has 3 fully saturated rings. The van der Waals surface area contributed by atoms with Crippen LogP contribution in [0, 0.1) is 11.8 Å². The summed E-state index contributed by atoms with van der Waals surface area (Å²) in [7, 11) is 2.42. The van der Waals surface area contributed by atoms with E-state index in [0.717, 1.165) is 17.4 Å². The highest BCUT2D eigenvalue weighted by atomic mass is 16.3. The van der Waals surface area contributed by atoms with Gasteiger partial charge in [-0.2, -0.15) is 0 Å². The molecule has 5 atom stereocenters. The molecule has 120 valence electrons. The monoisotopic (exact) mass is 309 g/mol. The average molecular weight is 309 g/mol. The number of H-pyrrole nitrogens is 1. The third-order valence-corrected chi connectivity index (χ3v) is 7.13. The van der Waals surface area contributed by atoms with Crippen molar-refractivity contribution in [2.24, 2.45) is 11.8 Å². The lowest BCUT2D eigenvalue weighted by atomic mass is 9.62. The number of piperidine rings is 3. The molecular formula is C20H25N2O+. The molecule has 3 nitrogen and oxygen atoms in total. The van der Waals surface area contributed by atoms with Crippen molar-refractivity contribution in [2.45, 2.75) is 31.8 Å². The third-order valence-electron chi connectivity index (χ3n) is 7.13. The topological polar surface area (TPSA) is 36.0 Å². The Bertz CT molecular complexity index is 820. The van der Waals surface area contributed by atoms with E-state index in [2.05, 4.69) is 49.3 Å². The fourth-order valence-corrected chi connectivity index (χ4v) is 6.02. The van der Waals surface area contributed by atoms with Crippen LogP contribution in [0.15, 0.2) is 35.9 Å². The maximum Gasteiger partial charge on any atom is 0.131 e. The van der Waals surface area contributed by atoms with Crippen molar-refractivity contribution in [3.05, 3.63) is 47.2 Å². The molecule has 1 aromatic heterocycles. The Labute approximate surface area is 137 Å². The van der Waals surface area contributed by atoms with E-state index in [4.69, 9.17) is 0 Å². The van der Waals surface area contributed by atoms with Gasteiger partial charge in [-0.05, 0) is 24.1 Å². The summed E-state index contributed by atoms with van der Waals surface area (Å²) >= 11 is 0. The number of rotatable bonds is 1. The zero-order valence-electron chi connectivity index (χ0n) is 13.9. The first-order valence-corrected chi connectivity index (χ1v) is 8.87. The summed E-state index contributed by atoms with van der Waals surface area (Å²) in [5.41, 5.74) is 5.84. The maximum absolute atomic E-state index is 10.1. The van der Waals surface area contributed by atoms with Crippen LogP contribution in [0.25, 0.3) is 10.9 Å². The van der Waals surface area contributed by atoms with E-state index in [1.165, 1.54) is 28.6 Å². The van der Waals surface area contributed by atoms with Gasteiger partial charge in [0, 0.05) is 35.6 Å². The largest absolute Gasteiger partial charge is 0.396 e. The molecule has 0 radical (unpaired) electrons. The van der Waals surface area contributed by atoms with Crippen LogP contribution in [-0.4, -0.2) is 40.8 Å². The lowest BCUT2D eigenvalue weighted by Crippen LogP contribution is -2.70. The van der Waals surface area contributed by atoms with Crippen LogP contribution in [0.1, 0.15) is 30.6 Å². The average Bonchev–Trinajstić information content (AvgIpc) is 2.92. The number of fused-ring (bicyclic) bond motifs is 4. The van der Waals surface area contributed by atoms with Gasteiger partial charge in [-0.25, -0.2) is 0 Å². The predicted molar refractivity (Wildman–Crippen MR) is 92.0 cm³/mol. The molecule has 1 aromatic carbocycles. The molecular weight excluding hydrogens is 284 g/mol. The quantitative estimate of drug-likeness (QED) is 0.616. The summed E-state index contributed by atoms with van der Waals surface area (Å²) in [6, 6.07) is 9.84. The van der Waals surface area contributed by atoms with Gasteiger partial charge in [-0.3, -0.25) is 0 Å². The summed E-state index contributed by atoms with van der Waals surface area (Å²) < 4.78 is 1.08. The first kappa shape index (κ1) is 13.8. The van der Waals surface area contributed by atoms with Crippen molar-refractivity contribution >= 4 is 10.9 Å². The SMILES string of the molecule is CC=C1C[N@@+]2(C)[C@H]3C[C@@H]1C(CO)[C@@H]2Cc1c3[nH]c2ccccc12. The zero-order valence-corrected chi connectivity index (χ0v) is 13.9. The number of para-hydroxylation sites is 1. The molecule has 3 saturated heterocycles. The van der Waals surface area contributed by atoms with Gasteiger partial charge >= 0.3 is 0 Å². The van der Waals surface area contributed by atoms with E-state index in [-0.39, 0.29) is 0 Å². The highest BCUT2D eigenvalue weighted by Gasteiger charge is 2.61. The van der Waals surface area contributed by atoms with E-state index < -0.39 is 0 Å². The minimum Gasteiger partial charge on any atom is -0.396 e. The Morgan fingerprint density at radius 1 is 1.35 bits per heavy atom. The first-order valence-electron chi connectivity index (χ1n) is 8.87. The molecule has 4 aliphatic rings. The molecule has 0 spiro atoms. The van der Waals surface area contributed by atoms with Crippen LogP contribution >= 0.6 is 0 Å². The van der Waals surface area contributed by atoms with Crippen LogP contribution in [0.2, 0.25) is 0 Å². The lowest BCUT2D eigenvalue weighted by molar-refractivity contribution is -0.978. The Morgan fingerprint density at radius 2 is 2.17 bits per heavy atom. The van der Waals surface area contributed by atoms with Gasteiger partial charge in [0.15, 0.2) is 0 Å². The molecule has 1 unspecified atom stereocenters. The van der Waals surface area contributed by atoms with E-state index in [0.29, 0.717) is 30.5 Å². The zero-order chi connectivity index (χ0) is 15.8. The Morgan fingerprint density at radius 3 is 2.96 bits per heavy atom. The van der Waals surface area contributed by atoms with Crippen molar-refractivity contribution in [3.8, 4) is 0 Å². The standard InChI is InChI=1S/C20H25N2O/c1-3-12-10-22(2)18-9-15-13-6-4-5-7-17(13)21-20(15)19(22)8-14(12)16(18)11-23/h3-7,14,16,18-19,21,23H,8-11H2,1-2H3/q+1/t14-,16?,18-,19-,22+/m0/s1. The van der Waals surface area contributed by atoms with Crippen molar-refractivity contribution in [1.82, 2.24) is 4.98 Å². The van der Waals surface area contributed by atoms with Crippen molar-refractivity contribution in [3.63, 3.8) is 0 Å². The van der Waals surface area contributed by atoms with Crippen LogP contribution in [-0.2, 0) is 6.42 Å². The number of nitrogens with one attached hydrogen (secondary N) is 1. The molecule has 23 heavy (non-hydrogen) atoms. The number of aromatic amines is 1. The highest BCUT2D eigenvalue weighted by Crippen LogP contribution is 2.57. The van der Waals surface area contributed by atoms with Gasteiger partial charge in [-0.15, -0.1) is 0 Å². The molecule has 6 rings (SSSR count). The van der Waals surface area contributed by atoms with Crippen LogP contribution in [0.3, 0.4) is 0 Å². The number of aliphatic hydroxyl groups is 1. The maximum atomic E-state index is 10.1. The molecule has 0 saturated carbocycles. The number of aliphatic hydroxyl groups excluding tert-OH is 1. The lowest BCUT2D eigenvalue weighted by Gasteiger charge is -2.62. The second-order valence-corrected chi connectivity index (χ2v) is 7.91.